The van der Waals surface area contributed by atoms with E-state index in [-0.39, 0.29) is 12.0 Å². The van der Waals surface area contributed by atoms with Gasteiger partial charge >= 0.3 is 0 Å². The van der Waals surface area contributed by atoms with E-state index >= 15 is 0 Å². The van der Waals surface area contributed by atoms with Crippen LogP contribution in [-0.2, 0) is 9.53 Å². The first-order chi connectivity index (χ1) is 6.88. The SMILES string of the molecule is O=C(C1CNCCO1)N1CCCCC1. The summed E-state index contributed by atoms with van der Waals surface area (Å²) < 4.78 is 5.44. The van der Waals surface area contributed by atoms with Crippen LogP contribution in [0, 0.1) is 0 Å². The van der Waals surface area contributed by atoms with Crippen molar-refractivity contribution in [3.8, 4) is 0 Å². The number of piperidine rings is 1. The van der Waals surface area contributed by atoms with Gasteiger partial charge in [0.25, 0.3) is 5.91 Å². The van der Waals surface area contributed by atoms with Crippen LogP contribution >= 0.6 is 0 Å². The van der Waals surface area contributed by atoms with E-state index in [1.54, 1.807) is 0 Å². The normalized spacial score (nSPS) is 28.9. The molecule has 2 aliphatic rings. The lowest BCUT2D eigenvalue weighted by atomic mass is 10.1. The molecule has 2 saturated heterocycles. The van der Waals surface area contributed by atoms with Crippen LogP contribution in [0.4, 0.5) is 0 Å². The maximum Gasteiger partial charge on any atom is 0.253 e. The zero-order valence-electron chi connectivity index (χ0n) is 8.50. The Labute approximate surface area is 84.6 Å². The summed E-state index contributed by atoms with van der Waals surface area (Å²) in [6.07, 6.45) is 3.31. The van der Waals surface area contributed by atoms with Gasteiger partial charge in [0.2, 0.25) is 0 Å². The van der Waals surface area contributed by atoms with Gasteiger partial charge in [-0.15, -0.1) is 0 Å². The van der Waals surface area contributed by atoms with E-state index in [1.807, 2.05) is 4.90 Å². The highest BCUT2D eigenvalue weighted by molar-refractivity contribution is 5.81. The number of hydrogen-bond acceptors (Lipinski definition) is 3. The van der Waals surface area contributed by atoms with Gasteiger partial charge in [0, 0.05) is 26.2 Å². The molecule has 1 unspecified atom stereocenters. The number of rotatable bonds is 1. The number of nitrogens with zero attached hydrogens (tertiary/aromatic N) is 1. The molecule has 2 fully saturated rings. The predicted octanol–water partition coefficient (Wildman–Crippen LogP) is -0.0127. The van der Waals surface area contributed by atoms with E-state index < -0.39 is 0 Å². The van der Waals surface area contributed by atoms with Crippen molar-refractivity contribution in [2.45, 2.75) is 25.4 Å². The average molecular weight is 198 g/mol. The fourth-order valence-electron chi connectivity index (χ4n) is 2.04. The zero-order valence-corrected chi connectivity index (χ0v) is 8.50. The Morgan fingerprint density at radius 3 is 2.71 bits per heavy atom. The molecule has 0 aromatic rings. The van der Waals surface area contributed by atoms with Gasteiger partial charge < -0.3 is 15.0 Å². The molecule has 80 valence electrons. The average Bonchev–Trinajstić information content (AvgIpc) is 2.30. The number of morpholine rings is 1. The summed E-state index contributed by atoms with van der Waals surface area (Å²) in [5, 5.41) is 3.18. The molecule has 1 amide bonds. The molecule has 0 radical (unpaired) electrons. The lowest BCUT2D eigenvalue weighted by molar-refractivity contribution is -0.146. The number of carbonyl (C=O) groups excluding carboxylic acids is 1. The summed E-state index contributed by atoms with van der Waals surface area (Å²) in [7, 11) is 0. The molecule has 4 heteroatoms. The van der Waals surface area contributed by atoms with Crippen molar-refractivity contribution in [3.63, 3.8) is 0 Å². The molecule has 0 spiro atoms. The van der Waals surface area contributed by atoms with Crippen molar-refractivity contribution in [2.75, 3.05) is 32.8 Å². The van der Waals surface area contributed by atoms with Gasteiger partial charge in [-0.05, 0) is 19.3 Å². The van der Waals surface area contributed by atoms with E-state index in [0.717, 1.165) is 32.5 Å². The largest absolute Gasteiger partial charge is 0.366 e. The number of likely N-dealkylation sites (tertiary alicyclic amines) is 1. The Kier molecular flexibility index (Phi) is 3.37. The molecule has 1 N–H and O–H groups in total. The third kappa shape index (κ3) is 2.25. The van der Waals surface area contributed by atoms with Crippen molar-refractivity contribution < 1.29 is 9.53 Å². The zero-order chi connectivity index (χ0) is 9.80. The minimum atomic E-state index is -0.234. The van der Waals surface area contributed by atoms with Crippen LogP contribution in [0.15, 0.2) is 0 Å². The van der Waals surface area contributed by atoms with Crippen LogP contribution in [0.5, 0.6) is 0 Å². The summed E-state index contributed by atoms with van der Waals surface area (Å²) in [6.45, 7) is 4.03. The molecule has 2 aliphatic heterocycles. The lowest BCUT2D eigenvalue weighted by Gasteiger charge is -2.32. The number of carbonyl (C=O) groups is 1. The molecule has 4 nitrogen and oxygen atoms in total. The minimum Gasteiger partial charge on any atom is -0.366 e. The molecule has 0 aromatic heterocycles. The third-order valence-corrected chi connectivity index (χ3v) is 2.87. The van der Waals surface area contributed by atoms with Crippen LogP contribution < -0.4 is 5.32 Å². The van der Waals surface area contributed by atoms with Gasteiger partial charge in [0.1, 0.15) is 6.10 Å². The summed E-state index contributed by atoms with van der Waals surface area (Å²) in [4.78, 5) is 13.9. The van der Waals surface area contributed by atoms with Crippen molar-refractivity contribution in [1.82, 2.24) is 10.2 Å². The molecule has 14 heavy (non-hydrogen) atoms. The van der Waals surface area contributed by atoms with Crippen LogP contribution in [0.1, 0.15) is 19.3 Å². The van der Waals surface area contributed by atoms with Crippen LogP contribution in [-0.4, -0.2) is 49.7 Å². The first-order valence-corrected chi connectivity index (χ1v) is 5.49. The summed E-state index contributed by atoms with van der Waals surface area (Å²) >= 11 is 0. The second kappa shape index (κ2) is 4.75. The Morgan fingerprint density at radius 1 is 1.29 bits per heavy atom. The molecule has 1 atom stereocenters. The summed E-state index contributed by atoms with van der Waals surface area (Å²) in [5.74, 6) is 0.178. The summed E-state index contributed by atoms with van der Waals surface area (Å²) in [6, 6.07) is 0. The monoisotopic (exact) mass is 198 g/mol. The molecule has 0 bridgehead atoms. The van der Waals surface area contributed by atoms with Crippen LogP contribution in [0.3, 0.4) is 0 Å². The molecule has 0 aliphatic carbocycles. The first kappa shape index (κ1) is 9.93. The van der Waals surface area contributed by atoms with Gasteiger partial charge in [-0.25, -0.2) is 0 Å². The molecule has 0 aromatic carbocycles. The highest BCUT2D eigenvalue weighted by Crippen LogP contribution is 2.11. The topological polar surface area (TPSA) is 41.6 Å². The predicted molar refractivity (Wildman–Crippen MR) is 53.0 cm³/mol. The van der Waals surface area contributed by atoms with Crippen LogP contribution in [0.2, 0.25) is 0 Å². The number of nitrogens with one attached hydrogen (secondary N) is 1. The van der Waals surface area contributed by atoms with Crippen molar-refractivity contribution >= 4 is 5.91 Å². The quantitative estimate of drug-likeness (QED) is 0.644. The van der Waals surface area contributed by atoms with Gasteiger partial charge in [0.05, 0.1) is 6.61 Å². The second-order valence-electron chi connectivity index (χ2n) is 3.95. The Hall–Kier alpha value is -0.610. The number of hydrogen-bond donors (Lipinski definition) is 1. The Bertz CT molecular complexity index is 176. The van der Waals surface area contributed by atoms with E-state index in [4.69, 9.17) is 4.74 Å². The Balaban J connectivity index is 1.85. The maximum atomic E-state index is 11.9. The maximum absolute atomic E-state index is 11.9. The van der Waals surface area contributed by atoms with Crippen LogP contribution in [0.25, 0.3) is 0 Å². The molecule has 2 rings (SSSR count). The van der Waals surface area contributed by atoms with Gasteiger partial charge in [-0.3, -0.25) is 4.79 Å². The van der Waals surface area contributed by atoms with Crippen molar-refractivity contribution in [1.29, 1.82) is 0 Å². The van der Waals surface area contributed by atoms with Gasteiger partial charge in [-0.1, -0.05) is 0 Å². The fourth-order valence-corrected chi connectivity index (χ4v) is 2.04. The standard InChI is InChI=1S/C10H18N2O2/c13-10(9-8-11-4-7-14-9)12-5-2-1-3-6-12/h9,11H,1-8H2. The minimum absolute atomic E-state index is 0.178. The van der Waals surface area contributed by atoms with Gasteiger partial charge in [0.15, 0.2) is 0 Å². The van der Waals surface area contributed by atoms with E-state index in [9.17, 15) is 4.79 Å². The third-order valence-electron chi connectivity index (χ3n) is 2.87. The Morgan fingerprint density at radius 2 is 2.07 bits per heavy atom. The summed E-state index contributed by atoms with van der Waals surface area (Å²) in [5.41, 5.74) is 0. The van der Waals surface area contributed by atoms with E-state index in [1.165, 1.54) is 6.42 Å². The molecular weight excluding hydrogens is 180 g/mol. The highest BCUT2D eigenvalue weighted by Gasteiger charge is 2.27. The van der Waals surface area contributed by atoms with E-state index in [2.05, 4.69) is 5.32 Å². The molecule has 0 saturated carbocycles. The van der Waals surface area contributed by atoms with Crippen molar-refractivity contribution in [2.24, 2.45) is 0 Å². The lowest BCUT2D eigenvalue weighted by Crippen LogP contribution is -2.50. The first-order valence-electron chi connectivity index (χ1n) is 5.49. The smallest absolute Gasteiger partial charge is 0.253 e. The van der Waals surface area contributed by atoms with E-state index in [0.29, 0.717) is 13.2 Å². The highest BCUT2D eigenvalue weighted by atomic mass is 16.5. The van der Waals surface area contributed by atoms with Gasteiger partial charge in [-0.2, -0.15) is 0 Å². The molecule has 2 heterocycles. The molecular formula is C10H18N2O2. The number of ether oxygens (including phenoxy) is 1. The second-order valence-corrected chi connectivity index (χ2v) is 3.95. The number of amides is 1. The fraction of sp³-hybridized carbons (Fsp3) is 0.900. The van der Waals surface area contributed by atoms with Crippen molar-refractivity contribution in [3.05, 3.63) is 0 Å².